The van der Waals surface area contributed by atoms with Crippen molar-refractivity contribution in [2.24, 2.45) is 9.98 Å². The summed E-state index contributed by atoms with van der Waals surface area (Å²) in [7, 11) is 0. The Morgan fingerprint density at radius 1 is 0.938 bits per heavy atom. The van der Waals surface area contributed by atoms with E-state index in [1.165, 1.54) is 0 Å². The lowest BCUT2D eigenvalue weighted by Crippen LogP contribution is -2.29. The third kappa shape index (κ3) is 1.55. The van der Waals surface area contributed by atoms with Crippen LogP contribution < -0.4 is 10.7 Å². The first-order valence-corrected chi connectivity index (χ1v) is 5.85. The normalized spacial score (nSPS) is 13.4. The Bertz CT molecular complexity index is 593. The minimum Gasteiger partial charge on any atom is -0.244 e. The van der Waals surface area contributed by atoms with Crippen LogP contribution in [0.15, 0.2) is 9.98 Å². The van der Waals surface area contributed by atoms with Crippen LogP contribution in [0.3, 0.4) is 0 Å². The summed E-state index contributed by atoms with van der Waals surface area (Å²) in [5.41, 5.74) is 1.93. The fourth-order valence-electron chi connectivity index (χ4n) is 1.95. The number of rotatable bonds is 2. The predicted molar refractivity (Wildman–Crippen MR) is 62.9 cm³/mol. The van der Waals surface area contributed by atoms with Crippen molar-refractivity contribution in [1.82, 2.24) is 0 Å². The summed E-state index contributed by atoms with van der Waals surface area (Å²) in [6.07, 6.45) is 1.52. The number of urea groups is 1. The molecule has 0 spiro atoms. The van der Waals surface area contributed by atoms with Crippen molar-refractivity contribution >= 4 is 29.2 Å². The second kappa shape index (κ2) is 4.15. The van der Waals surface area contributed by atoms with E-state index in [-0.39, 0.29) is 0 Å². The van der Waals surface area contributed by atoms with Gasteiger partial charge in [-0.25, -0.2) is 4.79 Å². The van der Waals surface area contributed by atoms with Gasteiger partial charge in [-0.2, -0.15) is 9.98 Å². The highest BCUT2D eigenvalue weighted by Crippen LogP contribution is 2.25. The van der Waals surface area contributed by atoms with Crippen molar-refractivity contribution in [3.05, 3.63) is 31.9 Å². The molecule has 3 nitrogen and oxygen atoms in total. The van der Waals surface area contributed by atoms with Gasteiger partial charge >= 0.3 is 6.03 Å². The highest BCUT2D eigenvalue weighted by atomic mass is 35.5. The lowest BCUT2D eigenvalue weighted by atomic mass is 10.0. The zero-order valence-electron chi connectivity index (χ0n) is 8.97. The summed E-state index contributed by atoms with van der Waals surface area (Å²) in [5, 5.41) is 1.85. The van der Waals surface area contributed by atoms with E-state index in [2.05, 4.69) is 9.98 Å². The van der Waals surface area contributed by atoms with Gasteiger partial charge in [-0.1, -0.05) is 37.0 Å². The zero-order chi connectivity index (χ0) is 11.9. The van der Waals surface area contributed by atoms with E-state index < -0.39 is 6.03 Å². The average molecular weight is 257 g/mol. The van der Waals surface area contributed by atoms with Gasteiger partial charge in [0.2, 0.25) is 0 Å². The van der Waals surface area contributed by atoms with Crippen LogP contribution in [0.4, 0.5) is 4.79 Å². The first-order chi connectivity index (χ1) is 7.60. The van der Waals surface area contributed by atoms with Crippen molar-refractivity contribution in [1.29, 1.82) is 0 Å². The zero-order valence-corrected chi connectivity index (χ0v) is 10.5. The monoisotopic (exact) mass is 256 g/mol. The number of carbonyl (C=O) groups is 1. The number of fused-ring (bicyclic) bond motifs is 1. The molecule has 2 rings (SSSR count). The van der Waals surface area contributed by atoms with E-state index in [9.17, 15) is 4.79 Å². The molecule has 0 atom stereocenters. The van der Waals surface area contributed by atoms with Crippen LogP contribution in [0.2, 0.25) is 10.0 Å². The Balaban J connectivity index is 2.98. The fraction of sp³-hybridized carbons (Fsp3) is 0.364. The number of halogens is 2. The van der Waals surface area contributed by atoms with Crippen molar-refractivity contribution < 1.29 is 4.79 Å². The minimum absolute atomic E-state index is 0.334. The molecule has 1 heterocycles. The van der Waals surface area contributed by atoms with Gasteiger partial charge in [0.25, 0.3) is 0 Å². The molecular weight excluding hydrogens is 247 g/mol. The van der Waals surface area contributed by atoms with Crippen molar-refractivity contribution in [2.75, 3.05) is 0 Å². The van der Waals surface area contributed by atoms with Gasteiger partial charge in [0, 0.05) is 0 Å². The van der Waals surface area contributed by atoms with Crippen LogP contribution in [0.5, 0.6) is 0 Å². The molecular formula is C11H10Cl2N2O. The molecule has 84 valence electrons. The highest BCUT2D eigenvalue weighted by molar-refractivity contribution is 6.42. The van der Waals surface area contributed by atoms with Gasteiger partial charge in [-0.15, -0.1) is 0 Å². The third-order valence-electron chi connectivity index (χ3n) is 2.66. The Hall–Kier alpha value is -0.930. The molecule has 0 N–H and O–H groups in total. The quantitative estimate of drug-likeness (QED) is 0.802. The van der Waals surface area contributed by atoms with E-state index in [0.29, 0.717) is 20.8 Å². The fourth-order valence-corrected chi connectivity index (χ4v) is 2.53. The molecule has 0 fully saturated rings. The lowest BCUT2D eigenvalue weighted by molar-refractivity contribution is 0.256. The SMILES string of the molecule is CCc1c(Cl)c(Cl)c2c(c1CC)=NC(=O)N=2. The molecule has 1 aromatic rings. The van der Waals surface area contributed by atoms with Gasteiger partial charge in [0.1, 0.15) is 5.36 Å². The summed E-state index contributed by atoms with van der Waals surface area (Å²) in [4.78, 5) is 18.9. The number of hydrogen-bond donors (Lipinski definition) is 0. The van der Waals surface area contributed by atoms with Crippen molar-refractivity contribution in [3.63, 3.8) is 0 Å². The maximum Gasteiger partial charge on any atom is 0.368 e. The molecule has 0 radical (unpaired) electrons. The summed E-state index contributed by atoms with van der Waals surface area (Å²) in [5.74, 6) is 0. The van der Waals surface area contributed by atoms with E-state index in [1.54, 1.807) is 0 Å². The Labute approximate surface area is 103 Å². The number of nitrogens with zero attached hydrogens (tertiary/aromatic N) is 2. The summed E-state index contributed by atoms with van der Waals surface area (Å²) in [6.45, 7) is 3.99. The van der Waals surface area contributed by atoms with Gasteiger partial charge in [-0.05, 0) is 24.0 Å². The van der Waals surface area contributed by atoms with Crippen molar-refractivity contribution in [3.8, 4) is 0 Å². The highest BCUT2D eigenvalue weighted by Gasteiger charge is 2.19. The largest absolute Gasteiger partial charge is 0.368 e. The number of benzene rings is 1. The molecule has 1 aliphatic heterocycles. The molecule has 2 amide bonds. The standard InChI is InChI=1S/C11H10Cl2N2O/c1-3-5-6(4-2)9-10(8(13)7(5)12)15-11(16)14-9/h3-4H2,1-2H3. The molecule has 1 aliphatic rings. The summed E-state index contributed by atoms with van der Waals surface area (Å²) < 4.78 is 0. The molecule has 0 aliphatic carbocycles. The van der Waals surface area contributed by atoms with Crippen LogP contribution in [0.1, 0.15) is 25.0 Å². The van der Waals surface area contributed by atoms with E-state index in [0.717, 1.165) is 24.0 Å². The van der Waals surface area contributed by atoms with Gasteiger partial charge in [0.15, 0.2) is 0 Å². The molecule has 0 saturated carbocycles. The first kappa shape index (κ1) is 11.6. The first-order valence-electron chi connectivity index (χ1n) is 5.10. The molecule has 16 heavy (non-hydrogen) atoms. The molecule has 1 aromatic carbocycles. The average Bonchev–Trinajstić information content (AvgIpc) is 2.65. The molecule has 0 bridgehead atoms. The lowest BCUT2D eigenvalue weighted by Gasteiger charge is -2.09. The molecule has 0 aromatic heterocycles. The minimum atomic E-state index is -0.504. The van der Waals surface area contributed by atoms with Gasteiger partial charge < -0.3 is 0 Å². The van der Waals surface area contributed by atoms with Crippen LogP contribution in [-0.4, -0.2) is 6.03 Å². The van der Waals surface area contributed by atoms with Crippen LogP contribution in [0.25, 0.3) is 0 Å². The maximum atomic E-state index is 11.2. The number of hydrogen-bond acceptors (Lipinski definition) is 1. The van der Waals surface area contributed by atoms with Crippen LogP contribution >= 0.6 is 23.2 Å². The molecule has 0 saturated heterocycles. The van der Waals surface area contributed by atoms with Gasteiger partial charge in [-0.3, -0.25) is 0 Å². The summed E-state index contributed by atoms with van der Waals surface area (Å²) in [6, 6.07) is -0.504. The number of carbonyl (C=O) groups excluding carboxylic acids is 1. The Morgan fingerprint density at radius 2 is 1.50 bits per heavy atom. The third-order valence-corrected chi connectivity index (χ3v) is 3.54. The number of amides is 2. The Kier molecular flexibility index (Phi) is 3.00. The second-order valence-electron chi connectivity index (χ2n) is 3.50. The van der Waals surface area contributed by atoms with Gasteiger partial charge in [0.05, 0.1) is 15.4 Å². The Morgan fingerprint density at radius 3 is 2.06 bits per heavy atom. The summed E-state index contributed by atoms with van der Waals surface area (Å²) >= 11 is 12.2. The maximum absolute atomic E-state index is 11.2. The van der Waals surface area contributed by atoms with Crippen LogP contribution in [-0.2, 0) is 12.8 Å². The van der Waals surface area contributed by atoms with Crippen molar-refractivity contribution in [2.45, 2.75) is 26.7 Å². The second-order valence-corrected chi connectivity index (χ2v) is 4.25. The van der Waals surface area contributed by atoms with Crippen LogP contribution in [0, 0.1) is 0 Å². The van der Waals surface area contributed by atoms with E-state index in [4.69, 9.17) is 23.2 Å². The predicted octanol–water partition coefficient (Wildman–Crippen LogP) is 2.49. The topological polar surface area (TPSA) is 41.8 Å². The smallest absolute Gasteiger partial charge is 0.244 e. The van der Waals surface area contributed by atoms with E-state index >= 15 is 0 Å². The van der Waals surface area contributed by atoms with E-state index in [1.807, 2.05) is 13.8 Å². The molecule has 0 unspecified atom stereocenters. The molecule has 5 heteroatoms.